The summed E-state index contributed by atoms with van der Waals surface area (Å²) in [5, 5.41) is 6.30. The van der Waals surface area contributed by atoms with E-state index >= 15 is 0 Å². The topological polar surface area (TPSA) is 50.4 Å². The first kappa shape index (κ1) is 14.5. The highest BCUT2D eigenvalue weighted by Crippen LogP contribution is 2.08. The van der Waals surface area contributed by atoms with Crippen LogP contribution in [0.15, 0.2) is 0 Å². The number of rotatable bonds is 6. The van der Waals surface area contributed by atoms with E-state index in [1.165, 1.54) is 0 Å². The average molecular weight is 242 g/mol. The van der Waals surface area contributed by atoms with Crippen molar-refractivity contribution in [2.45, 2.75) is 52.2 Å². The third kappa shape index (κ3) is 5.50. The predicted octanol–water partition coefficient (Wildman–Crippen LogP) is 1.31. The standard InChI is InChI=1S/C13H26N2O2/c1-4-12(10(2)3)15-13(16)9-17-11-5-7-14-8-6-11/h10-12,14H,4-9H2,1-3H3,(H,15,16). The maximum Gasteiger partial charge on any atom is 0.246 e. The Kier molecular flexibility index (Phi) is 6.52. The van der Waals surface area contributed by atoms with Crippen molar-refractivity contribution in [3.05, 3.63) is 0 Å². The monoisotopic (exact) mass is 242 g/mol. The molecule has 1 atom stereocenters. The largest absolute Gasteiger partial charge is 0.368 e. The molecule has 0 saturated carbocycles. The Balaban J connectivity index is 2.19. The van der Waals surface area contributed by atoms with Crippen molar-refractivity contribution in [2.24, 2.45) is 5.92 Å². The summed E-state index contributed by atoms with van der Waals surface area (Å²) >= 11 is 0. The lowest BCUT2D eigenvalue weighted by Gasteiger charge is -2.24. The Morgan fingerprint density at radius 2 is 2.06 bits per heavy atom. The van der Waals surface area contributed by atoms with Gasteiger partial charge in [-0.25, -0.2) is 0 Å². The second-order valence-corrected chi connectivity index (χ2v) is 5.09. The molecule has 0 bridgehead atoms. The minimum Gasteiger partial charge on any atom is -0.368 e. The summed E-state index contributed by atoms with van der Waals surface area (Å²) < 4.78 is 5.62. The molecule has 4 heteroatoms. The summed E-state index contributed by atoms with van der Waals surface area (Å²) in [5.41, 5.74) is 0. The fourth-order valence-electron chi connectivity index (χ4n) is 2.14. The van der Waals surface area contributed by atoms with Crippen LogP contribution >= 0.6 is 0 Å². The van der Waals surface area contributed by atoms with Gasteiger partial charge in [0.05, 0.1) is 6.10 Å². The second kappa shape index (κ2) is 7.67. The highest BCUT2D eigenvalue weighted by atomic mass is 16.5. The molecule has 1 rings (SSSR count). The molecule has 0 radical (unpaired) electrons. The third-order valence-corrected chi connectivity index (χ3v) is 3.33. The smallest absolute Gasteiger partial charge is 0.246 e. The zero-order valence-corrected chi connectivity index (χ0v) is 11.3. The zero-order chi connectivity index (χ0) is 12.7. The Morgan fingerprint density at radius 1 is 1.41 bits per heavy atom. The van der Waals surface area contributed by atoms with Gasteiger partial charge in [-0.1, -0.05) is 20.8 Å². The van der Waals surface area contributed by atoms with E-state index in [0.29, 0.717) is 5.92 Å². The summed E-state index contributed by atoms with van der Waals surface area (Å²) in [5.74, 6) is 0.493. The number of hydrogen-bond donors (Lipinski definition) is 2. The predicted molar refractivity (Wildman–Crippen MR) is 68.9 cm³/mol. The fraction of sp³-hybridized carbons (Fsp3) is 0.923. The number of ether oxygens (including phenoxy) is 1. The Bertz CT molecular complexity index is 225. The summed E-state index contributed by atoms with van der Waals surface area (Å²) in [4.78, 5) is 11.7. The summed E-state index contributed by atoms with van der Waals surface area (Å²) in [6.45, 7) is 8.54. The number of nitrogens with one attached hydrogen (secondary N) is 2. The molecule has 0 aromatic carbocycles. The fourth-order valence-corrected chi connectivity index (χ4v) is 2.14. The van der Waals surface area contributed by atoms with Crippen LogP contribution in [-0.4, -0.2) is 37.7 Å². The van der Waals surface area contributed by atoms with E-state index in [0.717, 1.165) is 32.4 Å². The summed E-state index contributed by atoms with van der Waals surface area (Å²) in [6.07, 6.45) is 3.24. The van der Waals surface area contributed by atoms with E-state index in [2.05, 4.69) is 31.4 Å². The van der Waals surface area contributed by atoms with Gasteiger partial charge < -0.3 is 15.4 Å². The summed E-state index contributed by atoms with van der Waals surface area (Å²) in [6, 6.07) is 0.263. The van der Waals surface area contributed by atoms with Gasteiger partial charge in [0.1, 0.15) is 6.61 Å². The van der Waals surface area contributed by atoms with Crippen molar-refractivity contribution in [3.8, 4) is 0 Å². The van der Waals surface area contributed by atoms with Crippen LogP contribution in [0.1, 0.15) is 40.0 Å². The van der Waals surface area contributed by atoms with Gasteiger partial charge in [0.2, 0.25) is 5.91 Å². The quantitative estimate of drug-likeness (QED) is 0.738. The molecule has 100 valence electrons. The van der Waals surface area contributed by atoms with Crippen LogP contribution in [0.5, 0.6) is 0 Å². The lowest BCUT2D eigenvalue weighted by atomic mass is 10.0. The molecule has 0 aromatic rings. The molecular weight excluding hydrogens is 216 g/mol. The molecule has 17 heavy (non-hydrogen) atoms. The first-order chi connectivity index (χ1) is 8.13. The molecule has 1 aliphatic heterocycles. The highest BCUT2D eigenvalue weighted by Gasteiger charge is 2.17. The van der Waals surface area contributed by atoms with Crippen LogP contribution in [0.25, 0.3) is 0 Å². The SMILES string of the molecule is CCC(NC(=O)COC1CCNCC1)C(C)C. The van der Waals surface area contributed by atoms with Gasteiger partial charge in [0.15, 0.2) is 0 Å². The van der Waals surface area contributed by atoms with E-state index in [1.54, 1.807) is 0 Å². The molecule has 0 spiro atoms. The maximum absolute atomic E-state index is 11.7. The molecule has 1 aliphatic rings. The first-order valence-corrected chi connectivity index (χ1v) is 6.75. The second-order valence-electron chi connectivity index (χ2n) is 5.09. The van der Waals surface area contributed by atoms with E-state index in [-0.39, 0.29) is 24.7 Å². The zero-order valence-electron chi connectivity index (χ0n) is 11.3. The Hall–Kier alpha value is -0.610. The van der Waals surface area contributed by atoms with Gasteiger partial charge in [-0.2, -0.15) is 0 Å². The molecular formula is C13H26N2O2. The Labute approximate surface area is 104 Å². The molecule has 1 saturated heterocycles. The highest BCUT2D eigenvalue weighted by molar-refractivity contribution is 5.77. The molecule has 4 nitrogen and oxygen atoms in total. The van der Waals surface area contributed by atoms with Crippen molar-refractivity contribution in [1.82, 2.24) is 10.6 Å². The molecule has 2 N–H and O–H groups in total. The molecule has 0 aromatic heterocycles. The molecule has 1 unspecified atom stereocenters. The van der Waals surface area contributed by atoms with E-state index in [1.807, 2.05) is 0 Å². The number of carbonyl (C=O) groups is 1. The minimum absolute atomic E-state index is 0.0177. The van der Waals surface area contributed by atoms with E-state index < -0.39 is 0 Å². The third-order valence-electron chi connectivity index (χ3n) is 3.33. The summed E-state index contributed by atoms with van der Waals surface area (Å²) in [7, 11) is 0. The maximum atomic E-state index is 11.7. The van der Waals surface area contributed by atoms with Crippen LogP contribution in [0.4, 0.5) is 0 Å². The number of amides is 1. The van der Waals surface area contributed by atoms with Crippen LogP contribution < -0.4 is 10.6 Å². The van der Waals surface area contributed by atoms with Gasteiger partial charge >= 0.3 is 0 Å². The Morgan fingerprint density at radius 3 is 2.59 bits per heavy atom. The van der Waals surface area contributed by atoms with Gasteiger partial charge in [-0.05, 0) is 38.3 Å². The molecule has 1 fully saturated rings. The lowest BCUT2D eigenvalue weighted by Crippen LogP contribution is -2.41. The van der Waals surface area contributed by atoms with Crippen LogP contribution in [0, 0.1) is 5.92 Å². The molecule has 1 amide bonds. The van der Waals surface area contributed by atoms with Gasteiger partial charge in [0.25, 0.3) is 0 Å². The lowest BCUT2D eigenvalue weighted by molar-refractivity contribution is -0.129. The van der Waals surface area contributed by atoms with Crippen LogP contribution in [0.3, 0.4) is 0 Å². The van der Waals surface area contributed by atoms with E-state index in [9.17, 15) is 4.79 Å². The van der Waals surface area contributed by atoms with Crippen molar-refractivity contribution in [1.29, 1.82) is 0 Å². The number of piperidine rings is 1. The van der Waals surface area contributed by atoms with Crippen molar-refractivity contribution >= 4 is 5.91 Å². The number of hydrogen-bond acceptors (Lipinski definition) is 3. The van der Waals surface area contributed by atoms with Gasteiger partial charge in [0, 0.05) is 6.04 Å². The van der Waals surface area contributed by atoms with Crippen molar-refractivity contribution in [2.75, 3.05) is 19.7 Å². The van der Waals surface area contributed by atoms with Crippen LogP contribution in [-0.2, 0) is 9.53 Å². The average Bonchev–Trinajstić information content (AvgIpc) is 2.34. The van der Waals surface area contributed by atoms with Crippen molar-refractivity contribution < 1.29 is 9.53 Å². The molecule has 0 aliphatic carbocycles. The normalized spacial score (nSPS) is 19.3. The van der Waals surface area contributed by atoms with Gasteiger partial charge in [-0.3, -0.25) is 4.79 Å². The van der Waals surface area contributed by atoms with Crippen molar-refractivity contribution in [3.63, 3.8) is 0 Å². The first-order valence-electron chi connectivity index (χ1n) is 6.75. The van der Waals surface area contributed by atoms with Gasteiger partial charge in [-0.15, -0.1) is 0 Å². The number of carbonyl (C=O) groups excluding carboxylic acids is 1. The van der Waals surface area contributed by atoms with E-state index in [4.69, 9.17) is 4.74 Å². The molecule has 1 heterocycles. The minimum atomic E-state index is 0.0177. The van der Waals surface area contributed by atoms with Crippen LogP contribution in [0.2, 0.25) is 0 Å².